The number of fused-ring (bicyclic) bond motifs is 1. The summed E-state index contributed by atoms with van der Waals surface area (Å²) in [6.45, 7) is 0. The quantitative estimate of drug-likeness (QED) is 0.626. The van der Waals surface area contributed by atoms with Crippen molar-refractivity contribution >= 4 is 10.9 Å². The fourth-order valence-electron chi connectivity index (χ4n) is 1.28. The molecular weight excluding hydrogens is 148 g/mol. The first kappa shape index (κ1) is 6.93. The van der Waals surface area contributed by atoms with Gasteiger partial charge in [0.25, 0.3) is 0 Å². The molecule has 0 aliphatic heterocycles. The van der Waals surface area contributed by atoms with Crippen LogP contribution < -0.4 is 0 Å². The lowest BCUT2D eigenvalue weighted by Gasteiger charge is -1.89. The molecule has 0 spiro atoms. The van der Waals surface area contributed by atoms with Crippen LogP contribution in [0.3, 0.4) is 0 Å². The molecule has 0 fully saturated rings. The van der Waals surface area contributed by atoms with E-state index in [1.165, 1.54) is 0 Å². The zero-order valence-corrected chi connectivity index (χ0v) is 6.54. The van der Waals surface area contributed by atoms with Crippen molar-refractivity contribution < 1.29 is 0 Å². The topological polar surface area (TPSA) is 28.7 Å². The number of pyridine rings is 1. The summed E-state index contributed by atoms with van der Waals surface area (Å²) in [5.41, 5.74) is 2.23. The van der Waals surface area contributed by atoms with Gasteiger partial charge >= 0.3 is 0 Å². The summed E-state index contributed by atoms with van der Waals surface area (Å²) >= 11 is 0. The molecule has 58 valence electrons. The molecule has 2 aromatic heterocycles. The molecule has 0 atom stereocenters. The molecule has 0 aliphatic rings. The number of aromatic amines is 1. The van der Waals surface area contributed by atoms with Gasteiger partial charge in [-0.15, -0.1) is 12.3 Å². The number of nitrogens with one attached hydrogen (secondary N) is 1. The molecule has 0 radical (unpaired) electrons. The van der Waals surface area contributed by atoms with E-state index in [9.17, 15) is 0 Å². The molecule has 0 aliphatic carbocycles. The van der Waals surface area contributed by atoms with E-state index >= 15 is 0 Å². The van der Waals surface area contributed by atoms with Crippen molar-refractivity contribution in [1.29, 1.82) is 0 Å². The van der Waals surface area contributed by atoms with Crippen LogP contribution in [0.4, 0.5) is 0 Å². The molecule has 12 heavy (non-hydrogen) atoms. The Kier molecular flexibility index (Phi) is 1.56. The summed E-state index contributed by atoms with van der Waals surface area (Å²) in [6, 6.07) is 1.94. The van der Waals surface area contributed by atoms with Crippen LogP contribution in [0.5, 0.6) is 0 Å². The molecule has 2 nitrogen and oxygen atoms in total. The van der Waals surface area contributed by atoms with Gasteiger partial charge in [-0.3, -0.25) is 4.98 Å². The second-order valence-corrected chi connectivity index (χ2v) is 2.62. The van der Waals surface area contributed by atoms with Crippen LogP contribution in [-0.4, -0.2) is 9.97 Å². The van der Waals surface area contributed by atoms with Gasteiger partial charge in [0.15, 0.2) is 0 Å². The Hall–Kier alpha value is -1.75. The van der Waals surface area contributed by atoms with E-state index < -0.39 is 0 Å². The molecule has 0 aromatic carbocycles. The molecule has 0 amide bonds. The summed E-state index contributed by atoms with van der Waals surface area (Å²) in [5, 5.41) is 1.12. The number of terminal acetylenes is 1. The number of nitrogens with zero attached hydrogens (tertiary/aromatic N) is 1. The van der Waals surface area contributed by atoms with Gasteiger partial charge in [0.1, 0.15) is 0 Å². The smallest absolute Gasteiger partial charge is 0.0488 e. The van der Waals surface area contributed by atoms with Crippen molar-refractivity contribution in [3.05, 3.63) is 30.2 Å². The zero-order chi connectivity index (χ0) is 8.39. The van der Waals surface area contributed by atoms with E-state index in [4.69, 9.17) is 6.42 Å². The van der Waals surface area contributed by atoms with Gasteiger partial charge < -0.3 is 4.98 Å². The minimum Gasteiger partial charge on any atom is -0.361 e. The number of rotatable bonds is 1. The fraction of sp³-hybridized carbons (Fsp3) is 0.100. The molecule has 2 heterocycles. The highest BCUT2D eigenvalue weighted by Gasteiger charge is 2.00. The average molecular weight is 156 g/mol. The molecule has 0 saturated carbocycles. The Labute approximate surface area is 70.6 Å². The Morgan fingerprint density at radius 1 is 1.58 bits per heavy atom. The van der Waals surface area contributed by atoms with Crippen molar-refractivity contribution in [3.8, 4) is 12.3 Å². The van der Waals surface area contributed by atoms with E-state index in [1.54, 1.807) is 6.20 Å². The number of aromatic nitrogens is 2. The SMILES string of the molecule is C#CCc1c[nH]c2ccncc12. The van der Waals surface area contributed by atoms with Crippen LogP contribution in [0.2, 0.25) is 0 Å². The van der Waals surface area contributed by atoms with E-state index in [2.05, 4.69) is 15.9 Å². The Morgan fingerprint density at radius 2 is 2.50 bits per heavy atom. The van der Waals surface area contributed by atoms with Gasteiger partial charge in [0.2, 0.25) is 0 Å². The first-order valence-corrected chi connectivity index (χ1v) is 3.75. The summed E-state index contributed by atoms with van der Waals surface area (Å²) < 4.78 is 0. The number of H-pyrrole nitrogens is 1. The number of hydrogen-bond donors (Lipinski definition) is 1. The van der Waals surface area contributed by atoms with Crippen LogP contribution in [-0.2, 0) is 6.42 Å². The average Bonchev–Trinajstić information content (AvgIpc) is 2.50. The molecule has 2 heteroatoms. The van der Waals surface area contributed by atoms with Gasteiger partial charge in [-0.05, 0) is 11.6 Å². The molecule has 0 bridgehead atoms. The minimum atomic E-state index is 0.658. The van der Waals surface area contributed by atoms with Crippen LogP contribution in [0.1, 0.15) is 5.56 Å². The molecular formula is C10H8N2. The van der Waals surface area contributed by atoms with Gasteiger partial charge in [-0.25, -0.2) is 0 Å². The first-order chi connectivity index (χ1) is 5.92. The first-order valence-electron chi connectivity index (χ1n) is 3.75. The van der Waals surface area contributed by atoms with Crippen molar-refractivity contribution in [2.75, 3.05) is 0 Å². The van der Waals surface area contributed by atoms with Gasteiger partial charge in [-0.2, -0.15) is 0 Å². The highest BCUT2D eigenvalue weighted by Crippen LogP contribution is 2.16. The van der Waals surface area contributed by atoms with Crippen molar-refractivity contribution in [1.82, 2.24) is 9.97 Å². The molecule has 1 N–H and O–H groups in total. The van der Waals surface area contributed by atoms with Gasteiger partial charge in [0.05, 0.1) is 0 Å². The standard InChI is InChI=1S/C10H8N2/c1-2-3-8-6-12-10-4-5-11-7-9(8)10/h1,4-7,12H,3H2. The van der Waals surface area contributed by atoms with Crippen molar-refractivity contribution in [2.24, 2.45) is 0 Å². The molecule has 0 unspecified atom stereocenters. The monoisotopic (exact) mass is 156 g/mol. The third kappa shape index (κ3) is 0.960. The maximum absolute atomic E-state index is 5.23. The molecule has 2 rings (SSSR count). The third-order valence-corrected chi connectivity index (χ3v) is 1.86. The van der Waals surface area contributed by atoms with Crippen LogP contribution in [0.15, 0.2) is 24.7 Å². The summed E-state index contributed by atoms with van der Waals surface area (Å²) in [6.07, 6.45) is 11.4. The lowest BCUT2D eigenvalue weighted by molar-refractivity contribution is 1.32. The second-order valence-electron chi connectivity index (χ2n) is 2.62. The largest absolute Gasteiger partial charge is 0.361 e. The Balaban J connectivity index is 2.64. The predicted molar refractivity (Wildman–Crippen MR) is 48.6 cm³/mol. The van der Waals surface area contributed by atoms with E-state index in [-0.39, 0.29) is 0 Å². The van der Waals surface area contributed by atoms with Crippen molar-refractivity contribution in [2.45, 2.75) is 6.42 Å². The lowest BCUT2D eigenvalue weighted by Crippen LogP contribution is -1.77. The molecule has 0 saturated heterocycles. The Bertz CT molecular complexity index is 434. The van der Waals surface area contributed by atoms with E-state index in [1.807, 2.05) is 18.5 Å². The summed E-state index contributed by atoms with van der Waals surface area (Å²) in [4.78, 5) is 7.18. The summed E-state index contributed by atoms with van der Waals surface area (Å²) in [7, 11) is 0. The third-order valence-electron chi connectivity index (χ3n) is 1.86. The van der Waals surface area contributed by atoms with E-state index in [0.29, 0.717) is 6.42 Å². The van der Waals surface area contributed by atoms with Gasteiger partial charge in [0, 0.05) is 35.9 Å². The normalized spacial score (nSPS) is 9.92. The van der Waals surface area contributed by atoms with Crippen molar-refractivity contribution in [3.63, 3.8) is 0 Å². The number of hydrogen-bond acceptors (Lipinski definition) is 1. The highest BCUT2D eigenvalue weighted by molar-refractivity contribution is 5.82. The second kappa shape index (κ2) is 2.71. The zero-order valence-electron chi connectivity index (χ0n) is 6.54. The van der Waals surface area contributed by atoms with Gasteiger partial charge in [-0.1, -0.05) is 0 Å². The minimum absolute atomic E-state index is 0.658. The summed E-state index contributed by atoms with van der Waals surface area (Å²) in [5.74, 6) is 2.61. The van der Waals surface area contributed by atoms with E-state index in [0.717, 1.165) is 16.5 Å². The lowest BCUT2D eigenvalue weighted by atomic mass is 10.2. The Morgan fingerprint density at radius 3 is 3.33 bits per heavy atom. The molecule has 2 aromatic rings. The predicted octanol–water partition coefficient (Wildman–Crippen LogP) is 1.74. The van der Waals surface area contributed by atoms with Crippen LogP contribution in [0, 0.1) is 12.3 Å². The fourth-order valence-corrected chi connectivity index (χ4v) is 1.28. The maximum atomic E-state index is 5.23. The maximum Gasteiger partial charge on any atom is 0.0488 e. The van der Waals surface area contributed by atoms with Crippen LogP contribution in [0.25, 0.3) is 10.9 Å². The highest BCUT2D eigenvalue weighted by atomic mass is 14.7. The van der Waals surface area contributed by atoms with Crippen LogP contribution >= 0.6 is 0 Å².